The average Bonchev–Trinajstić information content (AvgIpc) is 3.22. The molecule has 0 unspecified atom stereocenters. The Morgan fingerprint density at radius 1 is 0.968 bits per heavy atom. The maximum atomic E-state index is 12.7. The van der Waals surface area contributed by atoms with Gasteiger partial charge in [-0.1, -0.05) is 50.2 Å². The molecule has 0 aliphatic carbocycles. The standard InChI is InChI=1S/C25H22N2O4/c1-16(2)17-11-13-18(14-12-17)26-23(28)15-30-25(29)20-8-4-3-7-19(20)24-27-21-9-5-6-10-22(21)31-24/h3-14,16H,15H2,1-2H3,(H,26,28). The number of aromatic nitrogens is 1. The number of nitrogens with one attached hydrogen (secondary N) is 1. The number of carbonyl (C=O) groups excluding carboxylic acids is 2. The molecule has 1 amide bonds. The molecule has 0 bridgehead atoms. The van der Waals surface area contributed by atoms with Crippen LogP contribution in [0, 0.1) is 0 Å². The molecule has 156 valence electrons. The Bertz CT molecular complexity index is 1190. The Morgan fingerprint density at radius 2 is 1.68 bits per heavy atom. The van der Waals surface area contributed by atoms with E-state index in [0.717, 1.165) is 0 Å². The van der Waals surface area contributed by atoms with Gasteiger partial charge in [0.1, 0.15) is 5.52 Å². The van der Waals surface area contributed by atoms with Gasteiger partial charge in [0.05, 0.1) is 11.1 Å². The molecule has 1 aromatic heterocycles. The number of anilines is 1. The zero-order chi connectivity index (χ0) is 21.8. The van der Waals surface area contributed by atoms with Crippen LogP contribution in [-0.2, 0) is 9.53 Å². The van der Waals surface area contributed by atoms with Gasteiger partial charge >= 0.3 is 5.97 Å². The van der Waals surface area contributed by atoms with E-state index in [0.29, 0.717) is 34.2 Å². The van der Waals surface area contributed by atoms with E-state index in [4.69, 9.17) is 9.15 Å². The minimum Gasteiger partial charge on any atom is -0.452 e. The predicted octanol–water partition coefficient (Wildman–Crippen LogP) is 5.41. The van der Waals surface area contributed by atoms with Crippen LogP contribution in [0.1, 0.15) is 35.7 Å². The molecule has 6 heteroatoms. The number of carbonyl (C=O) groups is 2. The molecule has 0 fully saturated rings. The lowest BCUT2D eigenvalue weighted by Crippen LogP contribution is -2.21. The van der Waals surface area contributed by atoms with Gasteiger partial charge in [0, 0.05) is 5.69 Å². The number of oxazole rings is 1. The molecule has 0 atom stereocenters. The highest BCUT2D eigenvalue weighted by molar-refractivity contribution is 5.99. The fourth-order valence-corrected chi connectivity index (χ4v) is 3.19. The average molecular weight is 414 g/mol. The van der Waals surface area contributed by atoms with E-state index < -0.39 is 18.5 Å². The van der Waals surface area contributed by atoms with E-state index in [1.54, 1.807) is 24.3 Å². The molecule has 3 aromatic carbocycles. The Hall–Kier alpha value is -3.93. The summed E-state index contributed by atoms with van der Waals surface area (Å²) >= 11 is 0. The summed E-state index contributed by atoms with van der Waals surface area (Å²) in [5.41, 5.74) is 3.95. The van der Waals surface area contributed by atoms with Crippen LogP contribution in [0.3, 0.4) is 0 Å². The van der Waals surface area contributed by atoms with Crippen molar-refractivity contribution in [2.75, 3.05) is 11.9 Å². The number of rotatable bonds is 6. The van der Waals surface area contributed by atoms with E-state index >= 15 is 0 Å². The molecule has 0 saturated heterocycles. The quantitative estimate of drug-likeness (QED) is 0.427. The number of hydrogen-bond donors (Lipinski definition) is 1. The smallest absolute Gasteiger partial charge is 0.339 e. The van der Waals surface area contributed by atoms with Gasteiger partial charge < -0.3 is 14.5 Å². The van der Waals surface area contributed by atoms with Gasteiger partial charge in [-0.15, -0.1) is 0 Å². The molecule has 31 heavy (non-hydrogen) atoms. The minimum atomic E-state index is -0.622. The second-order valence-electron chi connectivity index (χ2n) is 7.43. The first kappa shape index (κ1) is 20.3. The maximum Gasteiger partial charge on any atom is 0.339 e. The van der Waals surface area contributed by atoms with E-state index in [-0.39, 0.29) is 5.56 Å². The zero-order valence-corrected chi connectivity index (χ0v) is 17.3. The van der Waals surface area contributed by atoms with Crippen molar-refractivity contribution in [3.63, 3.8) is 0 Å². The zero-order valence-electron chi connectivity index (χ0n) is 17.3. The minimum absolute atomic E-state index is 0.281. The lowest BCUT2D eigenvalue weighted by atomic mass is 10.0. The van der Waals surface area contributed by atoms with Crippen LogP contribution in [0.25, 0.3) is 22.6 Å². The van der Waals surface area contributed by atoms with Gasteiger partial charge in [0.25, 0.3) is 5.91 Å². The number of para-hydroxylation sites is 2. The van der Waals surface area contributed by atoms with Crippen molar-refractivity contribution in [2.24, 2.45) is 0 Å². The van der Waals surface area contributed by atoms with Crippen molar-refractivity contribution in [3.05, 3.63) is 83.9 Å². The van der Waals surface area contributed by atoms with Crippen molar-refractivity contribution in [1.82, 2.24) is 4.98 Å². The van der Waals surface area contributed by atoms with Crippen molar-refractivity contribution in [2.45, 2.75) is 19.8 Å². The molecule has 0 aliphatic rings. The third-order valence-electron chi connectivity index (χ3n) is 4.87. The van der Waals surface area contributed by atoms with Crippen molar-refractivity contribution < 1.29 is 18.7 Å². The normalized spacial score (nSPS) is 10.9. The molecule has 4 rings (SSSR count). The highest BCUT2D eigenvalue weighted by Gasteiger charge is 2.19. The Kier molecular flexibility index (Phi) is 5.80. The van der Waals surface area contributed by atoms with Gasteiger partial charge in [-0.25, -0.2) is 9.78 Å². The fourth-order valence-electron chi connectivity index (χ4n) is 3.19. The molecule has 0 saturated carbocycles. The summed E-state index contributed by atoms with van der Waals surface area (Å²) < 4.78 is 11.0. The summed E-state index contributed by atoms with van der Waals surface area (Å²) in [4.78, 5) is 29.3. The summed E-state index contributed by atoms with van der Waals surface area (Å²) in [6, 6.07) is 21.8. The molecule has 4 aromatic rings. The molecular weight excluding hydrogens is 392 g/mol. The van der Waals surface area contributed by atoms with E-state index in [1.165, 1.54) is 5.56 Å². The molecule has 0 aliphatic heterocycles. The largest absolute Gasteiger partial charge is 0.452 e. The molecule has 0 radical (unpaired) electrons. The van der Waals surface area contributed by atoms with E-state index in [2.05, 4.69) is 24.1 Å². The van der Waals surface area contributed by atoms with Gasteiger partial charge in [0.2, 0.25) is 5.89 Å². The monoisotopic (exact) mass is 414 g/mol. The number of amides is 1. The second kappa shape index (κ2) is 8.83. The third kappa shape index (κ3) is 4.64. The topological polar surface area (TPSA) is 81.4 Å². The fraction of sp³-hybridized carbons (Fsp3) is 0.160. The number of esters is 1. The number of ether oxygens (including phenoxy) is 1. The van der Waals surface area contributed by atoms with Crippen molar-refractivity contribution >= 4 is 28.7 Å². The highest BCUT2D eigenvalue weighted by Crippen LogP contribution is 2.27. The van der Waals surface area contributed by atoms with Crippen molar-refractivity contribution in [3.8, 4) is 11.5 Å². The summed E-state index contributed by atoms with van der Waals surface area (Å²) in [5, 5.41) is 2.73. The van der Waals surface area contributed by atoms with Crippen LogP contribution in [0.2, 0.25) is 0 Å². The van der Waals surface area contributed by atoms with Crippen LogP contribution < -0.4 is 5.32 Å². The van der Waals surface area contributed by atoms with Crippen LogP contribution >= 0.6 is 0 Å². The first-order valence-electron chi connectivity index (χ1n) is 10.0. The Labute approximate surface area is 179 Å². The Balaban J connectivity index is 1.43. The van der Waals surface area contributed by atoms with Crippen LogP contribution in [0.15, 0.2) is 77.2 Å². The predicted molar refractivity (Wildman–Crippen MR) is 119 cm³/mol. The number of hydrogen-bond acceptors (Lipinski definition) is 5. The third-order valence-corrected chi connectivity index (χ3v) is 4.87. The second-order valence-corrected chi connectivity index (χ2v) is 7.43. The SMILES string of the molecule is CC(C)c1ccc(NC(=O)COC(=O)c2ccccc2-c2nc3ccccc3o2)cc1. The number of benzene rings is 3. The molecular formula is C25H22N2O4. The number of nitrogens with zero attached hydrogens (tertiary/aromatic N) is 1. The van der Waals surface area contributed by atoms with E-state index in [9.17, 15) is 9.59 Å². The molecule has 6 nitrogen and oxygen atoms in total. The van der Waals surface area contributed by atoms with Gasteiger partial charge in [-0.2, -0.15) is 0 Å². The molecule has 1 heterocycles. The molecule has 1 N–H and O–H groups in total. The highest BCUT2D eigenvalue weighted by atomic mass is 16.5. The van der Waals surface area contributed by atoms with Gasteiger partial charge in [-0.05, 0) is 47.9 Å². The summed E-state index contributed by atoms with van der Waals surface area (Å²) in [5.74, 6) is -0.302. The van der Waals surface area contributed by atoms with Crippen LogP contribution in [0.4, 0.5) is 5.69 Å². The number of fused-ring (bicyclic) bond motifs is 1. The summed E-state index contributed by atoms with van der Waals surface area (Å²) in [6.45, 7) is 3.81. The summed E-state index contributed by atoms with van der Waals surface area (Å²) in [6.07, 6.45) is 0. The van der Waals surface area contributed by atoms with E-state index in [1.807, 2.05) is 48.5 Å². The first-order valence-corrected chi connectivity index (χ1v) is 10.0. The lowest BCUT2D eigenvalue weighted by Gasteiger charge is -2.10. The van der Waals surface area contributed by atoms with Gasteiger partial charge in [-0.3, -0.25) is 4.79 Å². The van der Waals surface area contributed by atoms with Crippen LogP contribution in [0.5, 0.6) is 0 Å². The van der Waals surface area contributed by atoms with Crippen molar-refractivity contribution in [1.29, 1.82) is 0 Å². The first-order chi connectivity index (χ1) is 15.0. The molecule has 0 spiro atoms. The summed E-state index contributed by atoms with van der Waals surface area (Å²) in [7, 11) is 0. The van der Waals surface area contributed by atoms with Crippen LogP contribution in [-0.4, -0.2) is 23.5 Å². The van der Waals surface area contributed by atoms with Gasteiger partial charge in [0.15, 0.2) is 12.2 Å². The lowest BCUT2D eigenvalue weighted by molar-refractivity contribution is -0.119. The maximum absolute atomic E-state index is 12.7. The Morgan fingerprint density at radius 3 is 2.42 bits per heavy atom.